The summed E-state index contributed by atoms with van der Waals surface area (Å²) in [6.45, 7) is 0.0997. The zero-order valence-corrected chi connectivity index (χ0v) is 19.3. The minimum Gasteiger partial charge on any atom is -0.480 e. The number of hydrogen-bond donors (Lipinski definition) is 4. The predicted octanol–water partition coefficient (Wildman–Crippen LogP) is -0.213. The second kappa shape index (κ2) is 11.5. The van der Waals surface area contributed by atoms with Crippen molar-refractivity contribution < 1.29 is 34.1 Å². The molecule has 1 aliphatic rings. The van der Waals surface area contributed by atoms with Gasteiger partial charge in [-0.05, 0) is 16.0 Å². The summed E-state index contributed by atoms with van der Waals surface area (Å²) in [5, 5.41) is 35.0. The van der Waals surface area contributed by atoms with Crippen molar-refractivity contribution in [2.24, 2.45) is 7.05 Å². The Labute approximate surface area is 201 Å². The van der Waals surface area contributed by atoms with Crippen LogP contribution in [0.2, 0.25) is 0 Å². The van der Waals surface area contributed by atoms with Gasteiger partial charge in [-0.2, -0.15) is 0 Å². The number of ether oxygens (including phenoxy) is 1. The summed E-state index contributed by atoms with van der Waals surface area (Å²) in [6.07, 6.45) is -1.37. The number of amides is 1. The summed E-state index contributed by atoms with van der Waals surface area (Å²) in [6, 6.07) is 6.58. The van der Waals surface area contributed by atoms with Crippen LogP contribution in [0.3, 0.4) is 0 Å². The minimum atomic E-state index is -1.51. The molecule has 1 aliphatic heterocycles. The number of hydrogen-bond acceptors (Lipinski definition) is 11. The SMILES string of the molecule is Cn1nnnc1SCC1=C(C(=O)O)N[C@@H]([C@H](NC(=O)[C@H](OC=O)c2ccccc2)C(=O)O)SC1. The van der Waals surface area contributed by atoms with E-state index < -0.39 is 35.4 Å². The predicted molar refractivity (Wildman–Crippen MR) is 119 cm³/mol. The topological polar surface area (TPSA) is 186 Å². The maximum atomic E-state index is 12.8. The van der Waals surface area contributed by atoms with E-state index in [-0.39, 0.29) is 23.7 Å². The summed E-state index contributed by atoms with van der Waals surface area (Å²) >= 11 is 2.35. The highest BCUT2D eigenvalue weighted by atomic mass is 32.2. The third-order valence-electron chi connectivity index (χ3n) is 4.65. The van der Waals surface area contributed by atoms with E-state index in [1.54, 1.807) is 37.4 Å². The lowest BCUT2D eigenvalue weighted by Crippen LogP contribution is -2.55. The molecule has 1 aromatic carbocycles. The number of aromatic nitrogens is 4. The fourth-order valence-electron chi connectivity index (χ4n) is 3.02. The molecular formula is C19H20N6O7S2. The van der Waals surface area contributed by atoms with E-state index in [9.17, 15) is 29.4 Å². The average molecular weight is 509 g/mol. The molecule has 0 saturated carbocycles. The molecule has 0 unspecified atom stereocenters. The molecule has 1 amide bonds. The van der Waals surface area contributed by atoms with Crippen molar-refractivity contribution in [1.29, 1.82) is 0 Å². The highest BCUT2D eigenvalue weighted by Crippen LogP contribution is 2.29. The van der Waals surface area contributed by atoms with Crippen molar-refractivity contribution in [3.05, 3.63) is 47.2 Å². The van der Waals surface area contributed by atoms with Crippen LogP contribution in [-0.4, -0.2) is 77.7 Å². The molecule has 2 heterocycles. The van der Waals surface area contributed by atoms with Crippen molar-refractivity contribution in [2.75, 3.05) is 11.5 Å². The molecule has 3 rings (SSSR count). The number of aliphatic carboxylic acids is 2. The summed E-state index contributed by atoms with van der Waals surface area (Å²) in [7, 11) is 1.65. The lowest BCUT2D eigenvalue weighted by Gasteiger charge is -2.32. The average Bonchev–Trinajstić information content (AvgIpc) is 3.24. The molecule has 0 spiro atoms. The second-order valence-electron chi connectivity index (χ2n) is 6.88. The molecule has 2 aromatic rings. The summed E-state index contributed by atoms with van der Waals surface area (Å²) in [5.74, 6) is -3.05. The zero-order chi connectivity index (χ0) is 24.7. The van der Waals surface area contributed by atoms with Crippen LogP contribution in [0.4, 0.5) is 0 Å². The van der Waals surface area contributed by atoms with Gasteiger partial charge in [0.25, 0.3) is 12.4 Å². The van der Waals surface area contributed by atoms with Gasteiger partial charge >= 0.3 is 11.9 Å². The molecule has 4 N–H and O–H groups in total. The van der Waals surface area contributed by atoms with Crippen LogP contribution in [0, 0.1) is 0 Å². The first-order chi connectivity index (χ1) is 16.3. The molecular weight excluding hydrogens is 488 g/mol. The Morgan fingerprint density at radius 2 is 2.09 bits per heavy atom. The van der Waals surface area contributed by atoms with Crippen LogP contribution in [-0.2, 0) is 31.0 Å². The molecule has 0 fully saturated rings. The van der Waals surface area contributed by atoms with Crippen LogP contribution < -0.4 is 10.6 Å². The van der Waals surface area contributed by atoms with Gasteiger partial charge in [0.2, 0.25) is 11.3 Å². The molecule has 0 radical (unpaired) electrons. The van der Waals surface area contributed by atoms with Gasteiger partial charge in [-0.3, -0.25) is 9.59 Å². The van der Waals surface area contributed by atoms with Gasteiger partial charge in [-0.1, -0.05) is 42.1 Å². The third-order valence-corrected chi connectivity index (χ3v) is 7.01. The van der Waals surface area contributed by atoms with Crippen LogP contribution in [0.1, 0.15) is 11.7 Å². The normalized spacial score (nSPS) is 17.3. The summed E-state index contributed by atoms with van der Waals surface area (Å²) in [5.41, 5.74) is 0.712. The number of carbonyl (C=O) groups is 4. The number of carboxylic acid groups (broad SMARTS) is 2. The van der Waals surface area contributed by atoms with E-state index in [2.05, 4.69) is 26.2 Å². The van der Waals surface area contributed by atoms with E-state index in [1.807, 2.05) is 0 Å². The summed E-state index contributed by atoms with van der Waals surface area (Å²) in [4.78, 5) is 47.5. The Kier molecular flexibility index (Phi) is 8.48. The third kappa shape index (κ3) is 6.05. The standard InChI is InChI=1S/C19H20N6O7S2/c1-25-19(22-23-24-25)34-8-11-7-33-16(21-12(11)17(28)29)13(18(30)31)20-15(27)14(32-9-26)10-5-3-2-4-6-10/h2-6,9,13-14,16,21H,7-8H2,1H3,(H,20,27)(H,28,29)(H,30,31)/t13-,14+,16+/m0/s1. The number of carbonyl (C=O) groups excluding carboxylic acids is 2. The fraction of sp³-hybridized carbons (Fsp3) is 0.316. The molecule has 34 heavy (non-hydrogen) atoms. The number of thioether (sulfide) groups is 2. The van der Waals surface area contributed by atoms with Crippen molar-refractivity contribution in [1.82, 2.24) is 30.8 Å². The van der Waals surface area contributed by atoms with Gasteiger partial charge in [0.15, 0.2) is 6.04 Å². The van der Waals surface area contributed by atoms with Crippen molar-refractivity contribution in [2.45, 2.75) is 22.7 Å². The number of carboxylic acids is 2. The summed E-state index contributed by atoms with van der Waals surface area (Å²) < 4.78 is 6.32. The van der Waals surface area contributed by atoms with Crippen LogP contribution in [0.15, 0.2) is 46.8 Å². The zero-order valence-electron chi connectivity index (χ0n) is 17.7. The van der Waals surface area contributed by atoms with Gasteiger partial charge < -0.3 is 25.6 Å². The fourth-order valence-corrected chi connectivity index (χ4v) is 5.22. The molecule has 1 aromatic heterocycles. The first-order valence-electron chi connectivity index (χ1n) is 9.67. The van der Waals surface area contributed by atoms with Crippen LogP contribution >= 0.6 is 23.5 Å². The highest BCUT2D eigenvalue weighted by Gasteiger charge is 2.37. The molecule has 0 aliphatic carbocycles. The number of benzene rings is 1. The molecule has 180 valence electrons. The maximum Gasteiger partial charge on any atom is 0.352 e. The lowest BCUT2D eigenvalue weighted by molar-refractivity contribution is -0.148. The quantitative estimate of drug-likeness (QED) is 0.231. The first kappa shape index (κ1) is 25.0. The van der Waals surface area contributed by atoms with Crippen molar-refractivity contribution in [3.63, 3.8) is 0 Å². The lowest BCUT2D eigenvalue weighted by atomic mass is 10.1. The highest BCUT2D eigenvalue weighted by molar-refractivity contribution is 8.00. The second-order valence-corrected chi connectivity index (χ2v) is 8.95. The monoisotopic (exact) mass is 508 g/mol. The van der Waals surface area contributed by atoms with E-state index in [1.165, 1.54) is 16.4 Å². The Balaban J connectivity index is 1.75. The van der Waals surface area contributed by atoms with E-state index in [0.717, 1.165) is 11.8 Å². The van der Waals surface area contributed by atoms with Gasteiger partial charge in [0, 0.05) is 24.1 Å². The Hall–Kier alpha value is -3.59. The maximum absolute atomic E-state index is 12.8. The Bertz CT molecular complexity index is 1090. The smallest absolute Gasteiger partial charge is 0.352 e. The number of tetrazole rings is 1. The number of aryl methyl sites for hydroxylation is 1. The van der Waals surface area contributed by atoms with Gasteiger partial charge in [0.1, 0.15) is 11.1 Å². The Morgan fingerprint density at radius 3 is 2.68 bits per heavy atom. The van der Waals surface area contributed by atoms with Crippen LogP contribution in [0.25, 0.3) is 0 Å². The van der Waals surface area contributed by atoms with Gasteiger partial charge in [0.05, 0.1) is 0 Å². The van der Waals surface area contributed by atoms with E-state index in [4.69, 9.17) is 4.74 Å². The first-order valence-corrected chi connectivity index (χ1v) is 11.7. The number of nitrogens with zero attached hydrogens (tertiary/aromatic N) is 4. The molecule has 0 saturated heterocycles. The van der Waals surface area contributed by atoms with E-state index in [0.29, 0.717) is 16.3 Å². The molecule has 3 atom stereocenters. The van der Waals surface area contributed by atoms with Crippen molar-refractivity contribution in [3.8, 4) is 0 Å². The minimum absolute atomic E-state index is 0.0997. The number of nitrogens with one attached hydrogen (secondary N) is 2. The van der Waals surface area contributed by atoms with Crippen LogP contribution in [0.5, 0.6) is 0 Å². The number of rotatable bonds is 11. The molecule has 15 heteroatoms. The Morgan fingerprint density at radius 1 is 1.35 bits per heavy atom. The van der Waals surface area contributed by atoms with E-state index >= 15 is 0 Å². The molecule has 0 bridgehead atoms. The largest absolute Gasteiger partial charge is 0.480 e. The van der Waals surface area contributed by atoms with Gasteiger partial charge in [-0.15, -0.1) is 16.9 Å². The van der Waals surface area contributed by atoms with Crippen molar-refractivity contribution >= 4 is 47.8 Å². The molecule has 13 nitrogen and oxygen atoms in total. The van der Waals surface area contributed by atoms with Gasteiger partial charge in [-0.25, -0.2) is 14.3 Å².